The van der Waals surface area contributed by atoms with Crippen LogP contribution in [0.2, 0.25) is 0 Å². The number of halogens is 3. The molecule has 0 aliphatic carbocycles. The van der Waals surface area contributed by atoms with E-state index in [0.29, 0.717) is 12.1 Å². The van der Waals surface area contributed by atoms with E-state index in [-0.39, 0.29) is 17.7 Å². The molecule has 0 saturated carbocycles. The summed E-state index contributed by atoms with van der Waals surface area (Å²) < 4.78 is 27.3. The number of nitrogens with one attached hydrogen (secondary N) is 1. The average Bonchev–Trinajstić information content (AvgIpc) is 2.40. The van der Waals surface area contributed by atoms with Crippen LogP contribution < -0.4 is 5.32 Å². The molecule has 1 unspecified atom stereocenters. The normalized spacial score (nSPS) is 12.4. The number of hydrogen-bond donors (Lipinski definition) is 1. The van der Waals surface area contributed by atoms with Crippen LogP contribution in [-0.2, 0) is 6.54 Å². The van der Waals surface area contributed by atoms with Gasteiger partial charge in [0, 0.05) is 22.6 Å². The largest absolute Gasteiger partial charge is 0.306 e. The van der Waals surface area contributed by atoms with Crippen molar-refractivity contribution >= 4 is 15.9 Å². The molecule has 0 fully saturated rings. The fraction of sp³-hybridized carbons (Fsp3) is 0.200. The Labute approximate surface area is 119 Å². The highest BCUT2D eigenvalue weighted by atomic mass is 79.9. The highest BCUT2D eigenvalue weighted by molar-refractivity contribution is 9.10. The second kappa shape index (κ2) is 6.26. The first-order valence-electron chi connectivity index (χ1n) is 5.99. The van der Waals surface area contributed by atoms with Gasteiger partial charge in [-0.2, -0.15) is 0 Å². The third-order valence-corrected chi connectivity index (χ3v) is 3.44. The van der Waals surface area contributed by atoms with E-state index < -0.39 is 0 Å². The zero-order valence-corrected chi connectivity index (χ0v) is 12.0. The van der Waals surface area contributed by atoms with Crippen LogP contribution in [0.25, 0.3) is 0 Å². The Kier molecular flexibility index (Phi) is 4.66. The van der Waals surface area contributed by atoms with Gasteiger partial charge in [0.2, 0.25) is 0 Å². The minimum atomic E-state index is -0.255. The van der Waals surface area contributed by atoms with Gasteiger partial charge in [-0.05, 0) is 42.8 Å². The summed E-state index contributed by atoms with van der Waals surface area (Å²) in [7, 11) is 0. The lowest BCUT2D eigenvalue weighted by atomic mass is 10.1. The van der Waals surface area contributed by atoms with Crippen molar-refractivity contribution < 1.29 is 8.78 Å². The quantitative estimate of drug-likeness (QED) is 0.867. The fourth-order valence-corrected chi connectivity index (χ4v) is 2.21. The van der Waals surface area contributed by atoms with Gasteiger partial charge in [-0.1, -0.05) is 28.1 Å². The van der Waals surface area contributed by atoms with Gasteiger partial charge in [-0.3, -0.25) is 0 Å². The van der Waals surface area contributed by atoms with Crippen molar-refractivity contribution in [2.45, 2.75) is 19.5 Å². The summed E-state index contributed by atoms with van der Waals surface area (Å²) in [5.41, 5.74) is 1.57. The maximum Gasteiger partial charge on any atom is 0.128 e. The van der Waals surface area contributed by atoms with E-state index in [1.165, 1.54) is 18.2 Å². The molecule has 1 N–H and O–H groups in total. The zero-order chi connectivity index (χ0) is 13.8. The van der Waals surface area contributed by atoms with Crippen molar-refractivity contribution in [3.05, 3.63) is 69.7 Å². The Morgan fingerprint density at radius 2 is 1.79 bits per heavy atom. The van der Waals surface area contributed by atoms with Gasteiger partial charge >= 0.3 is 0 Å². The van der Waals surface area contributed by atoms with Crippen molar-refractivity contribution in [1.29, 1.82) is 0 Å². The van der Waals surface area contributed by atoms with E-state index in [2.05, 4.69) is 21.2 Å². The number of benzene rings is 2. The molecule has 0 aliphatic rings. The summed E-state index contributed by atoms with van der Waals surface area (Å²) in [5.74, 6) is -0.489. The highest BCUT2D eigenvalue weighted by Gasteiger charge is 2.10. The lowest BCUT2D eigenvalue weighted by Crippen LogP contribution is -2.19. The topological polar surface area (TPSA) is 12.0 Å². The molecule has 2 aromatic carbocycles. The molecular formula is C15H14BrF2N. The van der Waals surface area contributed by atoms with Crippen molar-refractivity contribution in [2.24, 2.45) is 0 Å². The van der Waals surface area contributed by atoms with Crippen molar-refractivity contribution in [3.63, 3.8) is 0 Å². The molecule has 1 atom stereocenters. The number of rotatable bonds is 4. The fourth-order valence-electron chi connectivity index (χ4n) is 1.83. The third kappa shape index (κ3) is 3.85. The smallest absolute Gasteiger partial charge is 0.128 e. The molecule has 0 saturated heterocycles. The van der Waals surface area contributed by atoms with Gasteiger partial charge in [0.15, 0.2) is 0 Å². The molecule has 0 radical (unpaired) electrons. The summed E-state index contributed by atoms with van der Waals surface area (Å²) in [5, 5.41) is 3.22. The molecule has 0 bridgehead atoms. The maximum absolute atomic E-state index is 13.7. The summed E-state index contributed by atoms with van der Waals surface area (Å²) in [4.78, 5) is 0. The second-order valence-corrected chi connectivity index (χ2v) is 5.31. The predicted molar refractivity (Wildman–Crippen MR) is 75.8 cm³/mol. The van der Waals surface area contributed by atoms with E-state index in [0.717, 1.165) is 10.0 Å². The van der Waals surface area contributed by atoms with Crippen LogP contribution in [0, 0.1) is 11.6 Å². The molecule has 0 amide bonds. The van der Waals surface area contributed by atoms with Crippen molar-refractivity contribution in [1.82, 2.24) is 5.32 Å². The van der Waals surface area contributed by atoms with E-state index in [1.54, 1.807) is 24.3 Å². The summed E-state index contributed by atoms with van der Waals surface area (Å²) >= 11 is 3.33. The minimum Gasteiger partial charge on any atom is -0.306 e. The Morgan fingerprint density at radius 3 is 2.47 bits per heavy atom. The molecule has 0 aromatic heterocycles. The lowest BCUT2D eigenvalue weighted by molar-refractivity contribution is 0.527. The highest BCUT2D eigenvalue weighted by Crippen LogP contribution is 2.21. The van der Waals surface area contributed by atoms with Gasteiger partial charge in [-0.15, -0.1) is 0 Å². The predicted octanol–water partition coefficient (Wildman–Crippen LogP) is 4.58. The summed E-state index contributed by atoms with van der Waals surface area (Å²) in [6.45, 7) is 2.46. The van der Waals surface area contributed by atoms with Crippen LogP contribution in [0.5, 0.6) is 0 Å². The van der Waals surface area contributed by atoms with Crippen LogP contribution in [0.15, 0.2) is 46.9 Å². The lowest BCUT2D eigenvalue weighted by Gasteiger charge is -2.15. The molecule has 100 valence electrons. The van der Waals surface area contributed by atoms with Gasteiger partial charge in [0.25, 0.3) is 0 Å². The Balaban J connectivity index is 2.03. The number of hydrogen-bond acceptors (Lipinski definition) is 1. The molecule has 0 heterocycles. The van der Waals surface area contributed by atoms with Crippen LogP contribution in [-0.4, -0.2) is 0 Å². The van der Waals surface area contributed by atoms with Gasteiger partial charge < -0.3 is 5.32 Å². The Hall–Kier alpha value is -1.26. The summed E-state index contributed by atoms with van der Waals surface area (Å²) in [6.07, 6.45) is 0. The standard InChI is InChI=1S/C15H14BrF2N/c1-10(14-8-12(16)4-7-15(14)18)19-9-11-2-5-13(17)6-3-11/h2-8,10,19H,9H2,1H3. The van der Waals surface area contributed by atoms with Gasteiger partial charge in [-0.25, -0.2) is 8.78 Å². The van der Waals surface area contributed by atoms with E-state index in [1.807, 2.05) is 6.92 Å². The molecule has 1 nitrogen and oxygen atoms in total. The Morgan fingerprint density at radius 1 is 1.11 bits per heavy atom. The molecule has 2 aromatic rings. The average molecular weight is 326 g/mol. The van der Waals surface area contributed by atoms with Crippen molar-refractivity contribution in [2.75, 3.05) is 0 Å². The third-order valence-electron chi connectivity index (χ3n) is 2.95. The monoisotopic (exact) mass is 325 g/mol. The first-order valence-corrected chi connectivity index (χ1v) is 6.78. The molecule has 2 rings (SSSR count). The SMILES string of the molecule is CC(NCc1ccc(F)cc1)c1cc(Br)ccc1F. The van der Waals surface area contributed by atoms with Gasteiger partial charge in [0.1, 0.15) is 11.6 Å². The first-order chi connectivity index (χ1) is 9.06. The maximum atomic E-state index is 13.7. The molecule has 0 aliphatic heterocycles. The van der Waals surface area contributed by atoms with E-state index in [4.69, 9.17) is 0 Å². The van der Waals surface area contributed by atoms with Crippen LogP contribution in [0.4, 0.5) is 8.78 Å². The van der Waals surface area contributed by atoms with Crippen molar-refractivity contribution in [3.8, 4) is 0 Å². The van der Waals surface area contributed by atoms with E-state index in [9.17, 15) is 8.78 Å². The zero-order valence-electron chi connectivity index (χ0n) is 10.5. The molecule has 4 heteroatoms. The summed E-state index contributed by atoms with van der Waals surface area (Å²) in [6, 6.07) is 11.0. The van der Waals surface area contributed by atoms with E-state index >= 15 is 0 Å². The van der Waals surface area contributed by atoms with Crippen LogP contribution in [0.1, 0.15) is 24.1 Å². The van der Waals surface area contributed by atoms with Gasteiger partial charge in [0.05, 0.1) is 0 Å². The second-order valence-electron chi connectivity index (χ2n) is 4.39. The Bertz CT molecular complexity index is 555. The molecule has 0 spiro atoms. The van der Waals surface area contributed by atoms with Crippen LogP contribution >= 0.6 is 15.9 Å². The molecular weight excluding hydrogens is 312 g/mol. The minimum absolute atomic E-state index is 0.123. The molecule has 19 heavy (non-hydrogen) atoms. The first kappa shape index (κ1) is 14.2. The van der Waals surface area contributed by atoms with Crippen LogP contribution in [0.3, 0.4) is 0 Å².